The molecule has 15 heavy (non-hydrogen) atoms. The fraction of sp³-hybridized carbons (Fsp3) is 0.200. The van der Waals surface area contributed by atoms with Gasteiger partial charge in [0, 0.05) is 22.9 Å². The van der Waals surface area contributed by atoms with E-state index in [0.717, 1.165) is 34.3 Å². The van der Waals surface area contributed by atoms with Crippen LogP contribution in [0.15, 0.2) is 22.7 Å². The molecule has 2 aromatic rings. The molecule has 0 aliphatic carbocycles. The van der Waals surface area contributed by atoms with Crippen molar-refractivity contribution in [3.05, 3.63) is 27.4 Å². The predicted molar refractivity (Wildman–Crippen MR) is 66.8 cm³/mol. The van der Waals surface area contributed by atoms with Gasteiger partial charge in [-0.05, 0) is 30.4 Å². The quantitative estimate of drug-likeness (QED) is 0.753. The van der Waals surface area contributed by atoms with Gasteiger partial charge >= 0.3 is 0 Å². The molecular formula is C10H8BrN3S. The molecule has 0 spiro atoms. The van der Waals surface area contributed by atoms with Gasteiger partial charge in [-0.25, -0.2) is 4.98 Å². The van der Waals surface area contributed by atoms with E-state index in [2.05, 4.69) is 32.3 Å². The van der Waals surface area contributed by atoms with E-state index in [4.69, 9.17) is 12.2 Å². The Balaban J connectivity index is 2.49. The van der Waals surface area contributed by atoms with Crippen molar-refractivity contribution in [1.29, 1.82) is 0 Å². The highest BCUT2D eigenvalue weighted by Gasteiger charge is 2.14. The number of nitrogens with zero attached hydrogens (tertiary/aromatic N) is 2. The van der Waals surface area contributed by atoms with Crippen molar-refractivity contribution in [2.75, 3.05) is 11.9 Å². The molecule has 0 saturated heterocycles. The maximum Gasteiger partial charge on any atom is 0.201 e. The summed E-state index contributed by atoms with van der Waals surface area (Å²) in [5.74, 6) is 1.09. The fourth-order valence-corrected chi connectivity index (χ4v) is 2.53. The first-order valence-electron chi connectivity index (χ1n) is 4.70. The normalized spacial score (nSPS) is 13.9. The van der Waals surface area contributed by atoms with Crippen LogP contribution in [0, 0.1) is 4.77 Å². The van der Waals surface area contributed by atoms with E-state index in [-0.39, 0.29) is 0 Å². The Hall–Kier alpha value is -0.940. The summed E-state index contributed by atoms with van der Waals surface area (Å²) in [6.45, 7) is 1.83. The summed E-state index contributed by atoms with van der Waals surface area (Å²) >= 11 is 8.71. The largest absolute Gasteiger partial charge is 0.369 e. The molecule has 3 rings (SSSR count). The van der Waals surface area contributed by atoms with Crippen molar-refractivity contribution in [1.82, 2.24) is 9.55 Å². The predicted octanol–water partition coefficient (Wildman–Crippen LogP) is 2.95. The topological polar surface area (TPSA) is 29.9 Å². The van der Waals surface area contributed by atoms with Crippen LogP contribution in [0.3, 0.4) is 0 Å². The smallest absolute Gasteiger partial charge is 0.201 e. The zero-order chi connectivity index (χ0) is 10.4. The Kier molecular flexibility index (Phi) is 2.03. The van der Waals surface area contributed by atoms with Gasteiger partial charge < -0.3 is 9.88 Å². The van der Waals surface area contributed by atoms with Crippen LogP contribution in [0.25, 0.3) is 10.9 Å². The summed E-state index contributed by atoms with van der Waals surface area (Å²) in [7, 11) is 0. The third kappa shape index (κ3) is 1.38. The standard InChI is InChI=1S/C10H8BrN3S/c11-6-1-2-8-7(5-6)9-12-3-4-14(9)10(15)13-8/h1-2,5,12H,3-4H2. The second-order valence-corrected chi connectivity index (χ2v) is 4.76. The van der Waals surface area contributed by atoms with Gasteiger partial charge in [-0.2, -0.15) is 0 Å². The number of hydrogen-bond acceptors (Lipinski definition) is 3. The van der Waals surface area contributed by atoms with Crippen LogP contribution < -0.4 is 5.32 Å². The van der Waals surface area contributed by atoms with Crippen LogP contribution in [-0.2, 0) is 6.54 Å². The van der Waals surface area contributed by atoms with Crippen LogP contribution in [0.5, 0.6) is 0 Å². The highest BCUT2D eigenvalue weighted by Crippen LogP contribution is 2.27. The molecule has 0 amide bonds. The summed E-state index contributed by atoms with van der Waals surface area (Å²) in [5, 5.41) is 4.47. The second kappa shape index (κ2) is 3.28. The number of nitrogens with one attached hydrogen (secondary N) is 1. The molecule has 1 aliphatic rings. The molecule has 3 nitrogen and oxygen atoms in total. The summed E-state index contributed by atoms with van der Waals surface area (Å²) in [6, 6.07) is 6.04. The van der Waals surface area contributed by atoms with Crippen LogP contribution in [0.4, 0.5) is 5.82 Å². The van der Waals surface area contributed by atoms with Crippen LogP contribution in [0.2, 0.25) is 0 Å². The first kappa shape index (κ1) is 9.30. The summed E-state index contributed by atoms with van der Waals surface area (Å²) in [5.41, 5.74) is 0.948. The average molecular weight is 282 g/mol. The van der Waals surface area contributed by atoms with Gasteiger partial charge in [0.2, 0.25) is 4.77 Å². The third-order valence-electron chi connectivity index (χ3n) is 2.56. The van der Waals surface area contributed by atoms with E-state index >= 15 is 0 Å². The molecular weight excluding hydrogens is 274 g/mol. The number of benzene rings is 1. The van der Waals surface area contributed by atoms with Crippen LogP contribution >= 0.6 is 28.1 Å². The van der Waals surface area contributed by atoms with Crippen molar-refractivity contribution < 1.29 is 0 Å². The highest BCUT2D eigenvalue weighted by atomic mass is 79.9. The Morgan fingerprint density at radius 3 is 3.20 bits per heavy atom. The molecule has 0 fully saturated rings. The first-order chi connectivity index (χ1) is 7.25. The Labute approximate surface area is 100 Å². The number of fused-ring (bicyclic) bond motifs is 3. The van der Waals surface area contributed by atoms with Gasteiger partial charge in [-0.15, -0.1) is 0 Å². The lowest BCUT2D eigenvalue weighted by atomic mass is 10.2. The van der Waals surface area contributed by atoms with Gasteiger partial charge in [-0.1, -0.05) is 15.9 Å². The number of hydrogen-bond donors (Lipinski definition) is 1. The Morgan fingerprint density at radius 1 is 1.47 bits per heavy atom. The molecule has 1 N–H and O–H groups in total. The lowest BCUT2D eigenvalue weighted by Crippen LogP contribution is -1.98. The van der Waals surface area contributed by atoms with Gasteiger partial charge in [0.15, 0.2) is 0 Å². The van der Waals surface area contributed by atoms with E-state index in [1.807, 2.05) is 16.7 Å². The van der Waals surface area contributed by atoms with Gasteiger partial charge in [-0.3, -0.25) is 0 Å². The molecule has 0 unspecified atom stereocenters. The lowest BCUT2D eigenvalue weighted by Gasteiger charge is -2.07. The fourth-order valence-electron chi connectivity index (χ4n) is 1.88. The number of aromatic nitrogens is 2. The molecule has 1 aliphatic heterocycles. The summed E-state index contributed by atoms with van der Waals surface area (Å²) in [6.07, 6.45) is 0. The van der Waals surface area contributed by atoms with Crippen molar-refractivity contribution in [3.8, 4) is 0 Å². The van der Waals surface area contributed by atoms with E-state index in [0.29, 0.717) is 4.77 Å². The molecule has 0 saturated carbocycles. The average Bonchev–Trinajstić information content (AvgIpc) is 2.69. The molecule has 76 valence electrons. The molecule has 2 heterocycles. The maximum absolute atomic E-state index is 5.24. The van der Waals surface area contributed by atoms with E-state index < -0.39 is 0 Å². The second-order valence-electron chi connectivity index (χ2n) is 3.48. The minimum Gasteiger partial charge on any atom is -0.369 e. The Morgan fingerprint density at radius 2 is 2.33 bits per heavy atom. The zero-order valence-electron chi connectivity index (χ0n) is 7.83. The van der Waals surface area contributed by atoms with Gasteiger partial charge in [0.05, 0.1) is 5.52 Å². The minimum absolute atomic E-state index is 0.657. The summed E-state index contributed by atoms with van der Waals surface area (Å²) in [4.78, 5) is 4.41. The van der Waals surface area contributed by atoms with Gasteiger partial charge in [0.1, 0.15) is 5.82 Å². The monoisotopic (exact) mass is 281 g/mol. The van der Waals surface area contributed by atoms with E-state index in [9.17, 15) is 0 Å². The molecule has 1 aromatic carbocycles. The van der Waals surface area contributed by atoms with E-state index in [1.165, 1.54) is 0 Å². The first-order valence-corrected chi connectivity index (χ1v) is 5.90. The van der Waals surface area contributed by atoms with Crippen molar-refractivity contribution in [2.24, 2.45) is 0 Å². The molecule has 5 heteroatoms. The molecule has 0 atom stereocenters. The third-order valence-corrected chi connectivity index (χ3v) is 3.36. The van der Waals surface area contributed by atoms with Crippen molar-refractivity contribution in [3.63, 3.8) is 0 Å². The molecule has 0 bridgehead atoms. The van der Waals surface area contributed by atoms with Crippen molar-refractivity contribution >= 4 is 44.9 Å². The zero-order valence-corrected chi connectivity index (χ0v) is 10.2. The Bertz CT molecular complexity index is 605. The summed E-state index contributed by atoms with van der Waals surface area (Å²) < 4.78 is 3.76. The van der Waals surface area contributed by atoms with Crippen LogP contribution in [0.1, 0.15) is 0 Å². The van der Waals surface area contributed by atoms with Crippen molar-refractivity contribution in [2.45, 2.75) is 6.54 Å². The van der Waals surface area contributed by atoms with Gasteiger partial charge in [0.25, 0.3) is 0 Å². The van der Waals surface area contributed by atoms with E-state index in [1.54, 1.807) is 0 Å². The minimum atomic E-state index is 0.657. The lowest BCUT2D eigenvalue weighted by molar-refractivity contribution is 0.773. The molecule has 1 aromatic heterocycles. The van der Waals surface area contributed by atoms with Crippen LogP contribution in [-0.4, -0.2) is 16.1 Å². The molecule has 0 radical (unpaired) electrons. The maximum atomic E-state index is 5.24. The SMILES string of the molecule is S=c1nc2ccc(Br)cc2c2n1CCN2. The number of halogens is 1. The number of rotatable bonds is 0. The highest BCUT2D eigenvalue weighted by molar-refractivity contribution is 9.10. The number of anilines is 1.